The summed E-state index contributed by atoms with van der Waals surface area (Å²) in [6, 6.07) is 4.60. The number of esters is 2. The van der Waals surface area contributed by atoms with Crippen LogP contribution in [0.4, 0.5) is 5.69 Å². The molecule has 0 saturated heterocycles. The van der Waals surface area contributed by atoms with E-state index in [9.17, 15) is 24.5 Å². The van der Waals surface area contributed by atoms with E-state index in [2.05, 4.69) is 14.8 Å². The Balaban J connectivity index is 2.81. The third-order valence-electron chi connectivity index (χ3n) is 3.54. The van der Waals surface area contributed by atoms with E-state index >= 15 is 0 Å². The number of non-ortho nitro benzene ring substituents is 1. The summed E-state index contributed by atoms with van der Waals surface area (Å²) in [4.78, 5) is 45.6. The first kappa shape index (κ1) is 20.1. The molecule has 0 aliphatic carbocycles. The van der Waals surface area contributed by atoms with Gasteiger partial charge in [-0.1, -0.05) is 19.1 Å². The van der Waals surface area contributed by atoms with Gasteiger partial charge in [-0.25, -0.2) is 4.79 Å². The molecular weight excluding hydrogens is 332 g/mol. The van der Waals surface area contributed by atoms with E-state index in [0.717, 1.165) is 0 Å². The van der Waals surface area contributed by atoms with Gasteiger partial charge in [0.1, 0.15) is 6.04 Å². The molecule has 9 heteroatoms. The molecule has 1 aromatic carbocycles. The van der Waals surface area contributed by atoms with Crippen LogP contribution < -0.4 is 5.32 Å². The highest BCUT2D eigenvalue weighted by Gasteiger charge is 2.29. The molecule has 0 aromatic heterocycles. The second-order valence-corrected chi connectivity index (χ2v) is 5.43. The van der Waals surface area contributed by atoms with Crippen molar-refractivity contribution in [3.05, 3.63) is 39.9 Å². The van der Waals surface area contributed by atoms with E-state index in [4.69, 9.17) is 0 Å². The Hall–Kier alpha value is -2.97. The summed E-state index contributed by atoms with van der Waals surface area (Å²) in [5.41, 5.74) is 0.296. The number of nitrogens with one attached hydrogen (secondary N) is 1. The number of methoxy groups -OCH3 is 2. The minimum Gasteiger partial charge on any atom is -0.469 e. The fraction of sp³-hybridized carbons (Fsp3) is 0.438. The van der Waals surface area contributed by atoms with Crippen LogP contribution >= 0.6 is 0 Å². The average molecular weight is 352 g/mol. The first-order chi connectivity index (χ1) is 11.8. The zero-order valence-corrected chi connectivity index (χ0v) is 14.2. The topological polar surface area (TPSA) is 125 Å². The van der Waals surface area contributed by atoms with E-state index in [1.54, 1.807) is 13.0 Å². The molecule has 9 nitrogen and oxygen atoms in total. The van der Waals surface area contributed by atoms with Gasteiger partial charge in [-0.15, -0.1) is 0 Å². The standard InChI is InChI=1S/C16H20N2O7/c1-10(7-14(20)24-2)15(16(21)25-3)17-13(19)9-11-5-4-6-12(8-11)18(22)23/h4-6,8,10,15H,7,9H2,1-3H3,(H,17,19)/t10-,15+/m1/s1. The number of amides is 1. The van der Waals surface area contributed by atoms with Crippen LogP contribution in [0.5, 0.6) is 0 Å². The zero-order valence-electron chi connectivity index (χ0n) is 14.2. The van der Waals surface area contributed by atoms with Crippen LogP contribution in [0.3, 0.4) is 0 Å². The van der Waals surface area contributed by atoms with Gasteiger partial charge in [0, 0.05) is 12.1 Å². The smallest absolute Gasteiger partial charge is 0.328 e. The molecule has 0 bridgehead atoms. The third kappa shape index (κ3) is 6.21. The summed E-state index contributed by atoms with van der Waals surface area (Å²) in [5.74, 6) is -2.28. The van der Waals surface area contributed by atoms with Crippen molar-refractivity contribution in [3.8, 4) is 0 Å². The molecule has 136 valence electrons. The molecule has 0 aliphatic rings. The fourth-order valence-electron chi connectivity index (χ4n) is 2.21. The van der Waals surface area contributed by atoms with Crippen molar-refractivity contribution in [3.63, 3.8) is 0 Å². The van der Waals surface area contributed by atoms with Crippen molar-refractivity contribution in [2.45, 2.75) is 25.8 Å². The van der Waals surface area contributed by atoms with Crippen LogP contribution in [0.1, 0.15) is 18.9 Å². The molecule has 0 radical (unpaired) electrons. The summed E-state index contributed by atoms with van der Waals surface area (Å²) in [5, 5.41) is 13.3. The molecule has 1 aromatic rings. The number of nitro benzene ring substituents is 1. The van der Waals surface area contributed by atoms with E-state index in [1.165, 1.54) is 32.4 Å². The number of hydrogen-bond acceptors (Lipinski definition) is 7. The summed E-state index contributed by atoms with van der Waals surface area (Å²) in [6.07, 6.45) is -0.229. The molecule has 0 fully saturated rings. The van der Waals surface area contributed by atoms with E-state index in [0.29, 0.717) is 5.56 Å². The van der Waals surface area contributed by atoms with Gasteiger partial charge in [0.15, 0.2) is 0 Å². The number of rotatable bonds is 8. The third-order valence-corrected chi connectivity index (χ3v) is 3.54. The maximum atomic E-state index is 12.2. The van der Waals surface area contributed by atoms with Gasteiger partial charge in [0.05, 0.1) is 32.0 Å². The summed E-state index contributed by atoms with van der Waals surface area (Å²) in [6.45, 7) is 1.60. The fourth-order valence-corrected chi connectivity index (χ4v) is 2.21. The van der Waals surface area contributed by atoms with E-state index in [1.807, 2.05) is 0 Å². The Kier molecular flexibility index (Phi) is 7.51. The SMILES string of the molecule is COC(=O)C[C@@H](C)[C@H](NC(=O)Cc1cccc([N+](=O)[O-])c1)C(=O)OC. The highest BCUT2D eigenvalue weighted by Crippen LogP contribution is 2.15. The number of carbonyl (C=O) groups is 3. The molecular formula is C16H20N2O7. The Morgan fingerprint density at radius 3 is 2.48 bits per heavy atom. The van der Waals surface area contributed by atoms with Crippen molar-refractivity contribution < 1.29 is 28.8 Å². The quantitative estimate of drug-likeness (QED) is 0.420. The van der Waals surface area contributed by atoms with Gasteiger partial charge in [-0.3, -0.25) is 19.7 Å². The van der Waals surface area contributed by atoms with Gasteiger partial charge in [-0.2, -0.15) is 0 Å². The van der Waals surface area contributed by atoms with Gasteiger partial charge >= 0.3 is 11.9 Å². The van der Waals surface area contributed by atoms with Crippen LogP contribution in [0, 0.1) is 16.0 Å². The maximum Gasteiger partial charge on any atom is 0.328 e. The molecule has 2 atom stereocenters. The number of benzene rings is 1. The molecule has 0 unspecified atom stereocenters. The second kappa shape index (κ2) is 9.36. The molecule has 0 spiro atoms. The maximum absolute atomic E-state index is 12.2. The second-order valence-electron chi connectivity index (χ2n) is 5.43. The van der Waals surface area contributed by atoms with Crippen LogP contribution in [0.15, 0.2) is 24.3 Å². The number of nitrogens with zero attached hydrogens (tertiary/aromatic N) is 1. The van der Waals surface area contributed by atoms with Gasteiger partial charge in [0.2, 0.25) is 5.91 Å². The molecule has 0 aliphatic heterocycles. The lowest BCUT2D eigenvalue weighted by Gasteiger charge is -2.22. The first-order valence-corrected chi connectivity index (χ1v) is 7.45. The summed E-state index contributed by atoms with van der Waals surface area (Å²) in [7, 11) is 2.40. The lowest BCUT2D eigenvalue weighted by Crippen LogP contribution is -2.46. The number of hydrogen-bond donors (Lipinski definition) is 1. The van der Waals surface area contributed by atoms with Crippen molar-refractivity contribution in [2.75, 3.05) is 14.2 Å². The zero-order chi connectivity index (χ0) is 19.0. The van der Waals surface area contributed by atoms with E-state index < -0.39 is 34.7 Å². The van der Waals surface area contributed by atoms with Gasteiger partial charge in [-0.05, 0) is 11.5 Å². The minimum absolute atomic E-state index is 0.0760. The Labute approximate surface area is 144 Å². The van der Waals surface area contributed by atoms with Crippen molar-refractivity contribution in [1.82, 2.24) is 5.32 Å². The Bertz CT molecular complexity index is 660. The van der Waals surface area contributed by atoms with Crippen molar-refractivity contribution in [1.29, 1.82) is 0 Å². The normalized spacial score (nSPS) is 12.6. The lowest BCUT2D eigenvalue weighted by atomic mass is 9.98. The summed E-state index contributed by atoms with van der Waals surface area (Å²) >= 11 is 0. The first-order valence-electron chi connectivity index (χ1n) is 7.45. The Morgan fingerprint density at radius 1 is 1.24 bits per heavy atom. The molecule has 0 heterocycles. The highest BCUT2D eigenvalue weighted by molar-refractivity contribution is 5.86. The molecule has 1 amide bonds. The molecule has 0 saturated carbocycles. The molecule has 1 N–H and O–H groups in total. The molecule has 25 heavy (non-hydrogen) atoms. The van der Waals surface area contributed by atoms with Crippen LogP contribution in [0.25, 0.3) is 0 Å². The predicted molar refractivity (Wildman–Crippen MR) is 86.5 cm³/mol. The van der Waals surface area contributed by atoms with Crippen LogP contribution in [0.2, 0.25) is 0 Å². The number of ether oxygens (including phenoxy) is 2. The van der Waals surface area contributed by atoms with Gasteiger partial charge < -0.3 is 14.8 Å². The largest absolute Gasteiger partial charge is 0.469 e. The Morgan fingerprint density at radius 2 is 1.92 bits per heavy atom. The molecule has 1 rings (SSSR count). The van der Waals surface area contributed by atoms with Gasteiger partial charge in [0.25, 0.3) is 5.69 Å². The minimum atomic E-state index is -1.03. The van der Waals surface area contributed by atoms with Crippen molar-refractivity contribution >= 4 is 23.5 Å². The van der Waals surface area contributed by atoms with E-state index in [-0.39, 0.29) is 18.5 Å². The number of nitro groups is 1. The average Bonchev–Trinajstić information content (AvgIpc) is 2.58. The predicted octanol–water partition coefficient (Wildman–Crippen LogP) is 0.994. The van der Waals surface area contributed by atoms with Crippen molar-refractivity contribution in [2.24, 2.45) is 5.92 Å². The number of carbonyl (C=O) groups excluding carboxylic acids is 3. The van der Waals surface area contributed by atoms with Crippen LogP contribution in [-0.2, 0) is 30.3 Å². The summed E-state index contributed by atoms with van der Waals surface area (Å²) < 4.78 is 9.21. The highest BCUT2D eigenvalue weighted by atomic mass is 16.6. The van der Waals surface area contributed by atoms with Crippen LogP contribution in [-0.4, -0.2) is 43.0 Å². The monoisotopic (exact) mass is 352 g/mol. The lowest BCUT2D eigenvalue weighted by molar-refractivity contribution is -0.384.